The van der Waals surface area contributed by atoms with Gasteiger partial charge in [-0.25, -0.2) is 0 Å². The summed E-state index contributed by atoms with van der Waals surface area (Å²) in [6.07, 6.45) is 4.99. The van der Waals surface area contributed by atoms with Crippen molar-refractivity contribution >= 4 is 17.2 Å². The summed E-state index contributed by atoms with van der Waals surface area (Å²) >= 11 is 0. The van der Waals surface area contributed by atoms with Gasteiger partial charge in [0.25, 0.3) is 5.69 Å². The fraction of sp³-hybridized carbons (Fsp3) is 0.190. The number of benzene rings is 1. The molecule has 2 aliphatic rings. The molecule has 1 aromatic carbocycles. The molecule has 0 saturated carbocycles. The van der Waals surface area contributed by atoms with Crippen LogP contribution < -0.4 is 10.6 Å². The number of nitro benzene ring substituents is 1. The highest BCUT2D eigenvalue weighted by Gasteiger charge is 2.40. The van der Waals surface area contributed by atoms with Crippen molar-refractivity contribution in [2.24, 2.45) is 5.73 Å². The zero-order valence-electron chi connectivity index (χ0n) is 15.4. The SMILES string of the molecule is N#CC1=C(N)N(c2cccnc2)C2=C(C(=O)CCC2)[C@@H]1c1ccc([N+](=O)[O-])cc1. The average Bonchev–Trinajstić information content (AvgIpc) is 2.74. The molecule has 8 nitrogen and oxygen atoms in total. The molecule has 1 aromatic heterocycles. The van der Waals surface area contributed by atoms with Crippen molar-refractivity contribution in [3.8, 4) is 6.07 Å². The Hall–Kier alpha value is -3.99. The number of nitrogens with two attached hydrogens (primary N) is 1. The van der Waals surface area contributed by atoms with Crippen molar-refractivity contribution in [3.05, 3.63) is 87.1 Å². The van der Waals surface area contributed by atoms with Crippen molar-refractivity contribution in [1.29, 1.82) is 5.26 Å². The lowest BCUT2D eigenvalue weighted by Gasteiger charge is -2.39. The molecule has 1 aliphatic heterocycles. The number of allylic oxidation sites excluding steroid dienone is 3. The minimum atomic E-state index is -0.642. The summed E-state index contributed by atoms with van der Waals surface area (Å²) in [5.74, 6) is -0.433. The molecule has 8 heteroatoms. The fourth-order valence-electron chi connectivity index (χ4n) is 3.99. The van der Waals surface area contributed by atoms with Crippen molar-refractivity contribution in [1.82, 2.24) is 4.98 Å². The van der Waals surface area contributed by atoms with E-state index in [2.05, 4.69) is 11.1 Å². The maximum atomic E-state index is 13.0. The van der Waals surface area contributed by atoms with Gasteiger partial charge < -0.3 is 5.73 Å². The summed E-state index contributed by atoms with van der Waals surface area (Å²) in [6.45, 7) is 0. The van der Waals surface area contributed by atoms with E-state index in [4.69, 9.17) is 5.73 Å². The second kappa shape index (κ2) is 7.20. The highest BCUT2D eigenvalue weighted by molar-refractivity contribution is 6.01. The molecule has 29 heavy (non-hydrogen) atoms. The van der Waals surface area contributed by atoms with Crippen LogP contribution in [0.25, 0.3) is 0 Å². The number of hydrogen-bond donors (Lipinski definition) is 1. The number of nitro groups is 1. The Morgan fingerprint density at radius 1 is 1.24 bits per heavy atom. The van der Waals surface area contributed by atoms with Crippen LogP contribution in [0.4, 0.5) is 11.4 Å². The number of Topliss-reactive ketones (excluding diaryl/α,β-unsaturated/α-hetero) is 1. The number of ketones is 1. The second-order valence-electron chi connectivity index (χ2n) is 6.88. The molecule has 0 saturated heterocycles. The van der Waals surface area contributed by atoms with Gasteiger partial charge in [0.1, 0.15) is 5.82 Å². The van der Waals surface area contributed by atoms with Gasteiger partial charge in [-0.1, -0.05) is 12.1 Å². The van der Waals surface area contributed by atoms with Gasteiger partial charge in [0.15, 0.2) is 5.78 Å². The molecule has 4 rings (SSSR count). The average molecular weight is 387 g/mol. The van der Waals surface area contributed by atoms with Crippen LogP contribution >= 0.6 is 0 Å². The van der Waals surface area contributed by atoms with Crippen LogP contribution in [0.3, 0.4) is 0 Å². The molecular weight excluding hydrogens is 370 g/mol. The van der Waals surface area contributed by atoms with Gasteiger partial charge in [-0.2, -0.15) is 5.26 Å². The Labute approximate surface area is 166 Å². The van der Waals surface area contributed by atoms with Gasteiger partial charge >= 0.3 is 0 Å². The van der Waals surface area contributed by atoms with Crippen LogP contribution in [0.2, 0.25) is 0 Å². The molecule has 0 unspecified atom stereocenters. The zero-order valence-corrected chi connectivity index (χ0v) is 15.4. The quantitative estimate of drug-likeness (QED) is 0.632. The van der Waals surface area contributed by atoms with E-state index >= 15 is 0 Å². The number of carbonyl (C=O) groups excluding carboxylic acids is 1. The summed E-state index contributed by atoms with van der Waals surface area (Å²) in [6, 6.07) is 11.7. The summed E-state index contributed by atoms with van der Waals surface area (Å²) < 4.78 is 0. The van der Waals surface area contributed by atoms with E-state index in [9.17, 15) is 20.2 Å². The lowest BCUT2D eigenvalue weighted by Crippen LogP contribution is -2.38. The number of anilines is 1. The summed E-state index contributed by atoms with van der Waals surface area (Å²) in [7, 11) is 0. The number of pyridine rings is 1. The molecule has 1 aliphatic carbocycles. The molecule has 0 fully saturated rings. The number of nitriles is 1. The largest absolute Gasteiger partial charge is 0.384 e. The third kappa shape index (κ3) is 3.02. The highest BCUT2D eigenvalue weighted by atomic mass is 16.6. The monoisotopic (exact) mass is 387 g/mol. The number of non-ortho nitro benzene ring substituents is 1. The van der Waals surface area contributed by atoms with Crippen molar-refractivity contribution in [3.63, 3.8) is 0 Å². The van der Waals surface area contributed by atoms with E-state index in [-0.39, 0.29) is 22.9 Å². The second-order valence-corrected chi connectivity index (χ2v) is 6.88. The molecule has 0 amide bonds. The third-order valence-electron chi connectivity index (χ3n) is 5.25. The highest BCUT2D eigenvalue weighted by Crippen LogP contribution is 2.46. The topological polar surface area (TPSA) is 126 Å². The maximum absolute atomic E-state index is 13.0. The Morgan fingerprint density at radius 3 is 2.62 bits per heavy atom. The van der Waals surface area contributed by atoms with Crippen molar-refractivity contribution in [2.45, 2.75) is 25.2 Å². The Morgan fingerprint density at radius 2 is 2.00 bits per heavy atom. The van der Waals surface area contributed by atoms with Gasteiger partial charge in [0.05, 0.1) is 34.4 Å². The van der Waals surface area contributed by atoms with E-state index in [1.54, 1.807) is 35.5 Å². The van der Waals surface area contributed by atoms with Crippen molar-refractivity contribution in [2.75, 3.05) is 4.90 Å². The van der Waals surface area contributed by atoms with Crippen molar-refractivity contribution < 1.29 is 9.72 Å². The van der Waals surface area contributed by atoms with Crippen LogP contribution in [0, 0.1) is 21.4 Å². The van der Waals surface area contributed by atoms with Gasteiger partial charge in [0, 0.05) is 36.0 Å². The Balaban J connectivity index is 1.92. The van der Waals surface area contributed by atoms with Crippen LogP contribution in [-0.2, 0) is 4.79 Å². The first-order valence-electron chi connectivity index (χ1n) is 9.13. The van der Waals surface area contributed by atoms with E-state index in [0.717, 1.165) is 5.70 Å². The molecule has 2 N–H and O–H groups in total. The molecular formula is C21H17N5O3. The van der Waals surface area contributed by atoms with E-state index in [1.165, 1.54) is 12.1 Å². The standard InChI is InChI=1S/C21H17N5O3/c22-11-16-19(13-6-8-14(9-7-13)26(28)29)20-17(4-1-5-18(20)27)25(21(16)23)15-3-2-10-24-12-15/h2-3,6-10,12,19H,1,4-5,23H2/t19-/m1/s1. The number of nitrogens with zero attached hydrogens (tertiary/aromatic N) is 4. The van der Waals surface area contributed by atoms with Gasteiger partial charge in [-0.15, -0.1) is 0 Å². The molecule has 0 bridgehead atoms. The summed E-state index contributed by atoms with van der Waals surface area (Å²) in [5, 5.41) is 20.9. The predicted octanol–water partition coefficient (Wildman–Crippen LogP) is 3.29. The molecule has 0 spiro atoms. The van der Waals surface area contributed by atoms with Gasteiger partial charge in [-0.3, -0.25) is 24.8 Å². The molecule has 1 atom stereocenters. The van der Waals surface area contributed by atoms with Gasteiger partial charge in [0.2, 0.25) is 0 Å². The maximum Gasteiger partial charge on any atom is 0.269 e. The minimum absolute atomic E-state index is 0.0382. The normalized spacial score (nSPS) is 19.1. The molecule has 144 valence electrons. The number of aromatic nitrogens is 1. The van der Waals surface area contributed by atoms with E-state index in [1.807, 2.05) is 6.07 Å². The smallest absolute Gasteiger partial charge is 0.269 e. The van der Waals surface area contributed by atoms with E-state index < -0.39 is 10.8 Å². The number of hydrogen-bond acceptors (Lipinski definition) is 7. The third-order valence-corrected chi connectivity index (χ3v) is 5.25. The van der Waals surface area contributed by atoms with Crippen LogP contribution in [0.15, 0.2) is 71.5 Å². The number of carbonyl (C=O) groups is 1. The van der Waals surface area contributed by atoms with Crippen LogP contribution in [0.5, 0.6) is 0 Å². The predicted molar refractivity (Wildman–Crippen MR) is 105 cm³/mol. The fourth-order valence-corrected chi connectivity index (χ4v) is 3.99. The minimum Gasteiger partial charge on any atom is -0.384 e. The summed E-state index contributed by atoms with van der Waals surface area (Å²) in [4.78, 5) is 29.3. The van der Waals surface area contributed by atoms with Crippen LogP contribution in [-0.4, -0.2) is 15.7 Å². The Kier molecular flexibility index (Phi) is 4.56. The first-order chi connectivity index (χ1) is 14.0. The number of rotatable bonds is 3. The molecule has 2 aromatic rings. The van der Waals surface area contributed by atoms with Gasteiger partial charge in [-0.05, 0) is 30.5 Å². The zero-order chi connectivity index (χ0) is 20.5. The van der Waals surface area contributed by atoms with E-state index in [0.29, 0.717) is 36.1 Å². The summed E-state index contributed by atoms with van der Waals surface area (Å²) in [5.41, 5.74) is 9.21. The molecule has 0 radical (unpaired) electrons. The Bertz CT molecular complexity index is 1100. The van der Waals surface area contributed by atoms with Crippen LogP contribution in [0.1, 0.15) is 30.7 Å². The first-order valence-corrected chi connectivity index (χ1v) is 9.13. The first kappa shape index (κ1) is 18.4. The molecule has 2 heterocycles. The lowest BCUT2D eigenvalue weighted by atomic mass is 9.75. The lowest BCUT2D eigenvalue weighted by molar-refractivity contribution is -0.384.